The molecule has 0 bridgehead atoms. The van der Waals surface area contributed by atoms with E-state index < -0.39 is 5.82 Å². The molecule has 0 spiro atoms. The van der Waals surface area contributed by atoms with Crippen molar-refractivity contribution in [1.29, 1.82) is 0 Å². The van der Waals surface area contributed by atoms with Crippen molar-refractivity contribution in [2.75, 3.05) is 7.11 Å². The summed E-state index contributed by atoms with van der Waals surface area (Å²) in [5.74, 6) is -0.455. The van der Waals surface area contributed by atoms with Crippen LogP contribution in [0.5, 0.6) is 5.75 Å². The third-order valence-electron chi connectivity index (χ3n) is 3.65. The first kappa shape index (κ1) is 15.2. The number of carbonyl (C=O) groups excluding carboxylic acids is 1. The molecule has 3 heteroatoms. The van der Waals surface area contributed by atoms with Gasteiger partial charge in [0, 0.05) is 11.6 Å². The molecule has 0 saturated heterocycles. The second kappa shape index (κ2) is 6.53. The average molecular weight is 286 g/mol. The predicted molar refractivity (Wildman–Crippen MR) is 81.6 cm³/mol. The van der Waals surface area contributed by atoms with Crippen LogP contribution in [-0.4, -0.2) is 12.9 Å². The van der Waals surface area contributed by atoms with Crippen molar-refractivity contribution < 1.29 is 13.9 Å². The minimum absolute atomic E-state index is 0.0714. The van der Waals surface area contributed by atoms with Gasteiger partial charge in [-0.05, 0) is 42.2 Å². The summed E-state index contributed by atoms with van der Waals surface area (Å²) in [4.78, 5) is 12.5. The molecule has 21 heavy (non-hydrogen) atoms. The molecule has 0 aliphatic heterocycles. The van der Waals surface area contributed by atoms with Crippen LogP contribution in [0.3, 0.4) is 0 Å². The summed E-state index contributed by atoms with van der Waals surface area (Å²) in [6, 6.07) is 9.88. The van der Waals surface area contributed by atoms with Crippen molar-refractivity contribution in [1.82, 2.24) is 0 Å². The number of hydrogen-bond donors (Lipinski definition) is 0. The number of aryl methyl sites for hydroxylation is 2. The maximum Gasteiger partial charge on any atom is 0.195 e. The van der Waals surface area contributed by atoms with Gasteiger partial charge in [0.25, 0.3) is 0 Å². The van der Waals surface area contributed by atoms with Crippen LogP contribution in [-0.2, 0) is 12.8 Å². The highest BCUT2D eigenvalue weighted by atomic mass is 19.1. The largest absolute Gasteiger partial charge is 0.497 e. The summed E-state index contributed by atoms with van der Waals surface area (Å²) in [5.41, 5.74) is 2.96. The van der Waals surface area contributed by atoms with Crippen molar-refractivity contribution in [2.24, 2.45) is 0 Å². The van der Waals surface area contributed by atoms with Crippen LogP contribution in [0.2, 0.25) is 0 Å². The quantitative estimate of drug-likeness (QED) is 0.770. The Morgan fingerprint density at radius 2 is 1.76 bits per heavy atom. The molecule has 0 aliphatic carbocycles. The number of carbonyl (C=O) groups is 1. The number of methoxy groups -OCH3 is 1. The van der Waals surface area contributed by atoms with Crippen molar-refractivity contribution >= 4 is 5.78 Å². The highest BCUT2D eigenvalue weighted by molar-refractivity contribution is 6.09. The summed E-state index contributed by atoms with van der Waals surface area (Å²) in [5, 5.41) is 0. The van der Waals surface area contributed by atoms with Crippen LogP contribution in [0.25, 0.3) is 0 Å². The minimum Gasteiger partial charge on any atom is -0.497 e. The Morgan fingerprint density at radius 3 is 2.33 bits per heavy atom. The van der Waals surface area contributed by atoms with Gasteiger partial charge in [-0.25, -0.2) is 4.39 Å². The maximum atomic E-state index is 14.0. The number of ketones is 1. The number of ether oxygens (including phenoxy) is 1. The molecule has 0 aliphatic rings. The molecular formula is C18H19FO2. The van der Waals surface area contributed by atoms with Gasteiger partial charge in [-0.1, -0.05) is 26.0 Å². The Hall–Kier alpha value is -2.16. The molecule has 110 valence electrons. The number of halogens is 1. The predicted octanol–water partition coefficient (Wildman–Crippen LogP) is 4.19. The third kappa shape index (κ3) is 3.13. The zero-order valence-electron chi connectivity index (χ0n) is 12.6. The lowest BCUT2D eigenvalue weighted by Crippen LogP contribution is -2.06. The molecule has 0 unspecified atom stereocenters. The van der Waals surface area contributed by atoms with Gasteiger partial charge in [0.15, 0.2) is 5.78 Å². The van der Waals surface area contributed by atoms with Crippen LogP contribution >= 0.6 is 0 Å². The van der Waals surface area contributed by atoms with Gasteiger partial charge >= 0.3 is 0 Å². The Kier molecular flexibility index (Phi) is 4.73. The monoisotopic (exact) mass is 286 g/mol. The van der Waals surface area contributed by atoms with E-state index in [-0.39, 0.29) is 11.3 Å². The molecule has 0 N–H and O–H groups in total. The zero-order chi connectivity index (χ0) is 15.4. The second-order valence-corrected chi connectivity index (χ2v) is 4.87. The standard InChI is InChI=1S/C18H19FO2/c1-4-12-6-7-14(10-13(12)5-2)18(20)16-9-8-15(21-3)11-17(16)19/h6-11H,4-5H2,1-3H3. The Morgan fingerprint density at radius 1 is 1.05 bits per heavy atom. The molecule has 0 heterocycles. The molecule has 2 rings (SSSR count). The lowest BCUT2D eigenvalue weighted by Gasteiger charge is -2.09. The van der Waals surface area contributed by atoms with E-state index in [1.807, 2.05) is 12.1 Å². The molecule has 0 fully saturated rings. The van der Waals surface area contributed by atoms with E-state index in [2.05, 4.69) is 13.8 Å². The normalized spacial score (nSPS) is 10.5. The molecule has 2 aromatic carbocycles. The molecule has 0 saturated carbocycles. The highest BCUT2D eigenvalue weighted by Crippen LogP contribution is 2.21. The topological polar surface area (TPSA) is 26.3 Å². The fourth-order valence-corrected chi connectivity index (χ4v) is 2.40. The van der Waals surface area contributed by atoms with Crippen molar-refractivity contribution in [3.05, 3.63) is 64.5 Å². The van der Waals surface area contributed by atoms with Crippen molar-refractivity contribution in [2.45, 2.75) is 26.7 Å². The first-order chi connectivity index (χ1) is 10.1. The van der Waals surface area contributed by atoms with Gasteiger partial charge in [0.2, 0.25) is 0 Å². The number of hydrogen-bond acceptors (Lipinski definition) is 2. The van der Waals surface area contributed by atoms with Gasteiger partial charge in [-0.2, -0.15) is 0 Å². The summed E-state index contributed by atoms with van der Waals surface area (Å²) in [7, 11) is 1.47. The van der Waals surface area contributed by atoms with Crippen LogP contribution in [0.4, 0.5) is 4.39 Å². The van der Waals surface area contributed by atoms with Gasteiger partial charge in [0.05, 0.1) is 12.7 Å². The van der Waals surface area contributed by atoms with Crippen molar-refractivity contribution in [3.63, 3.8) is 0 Å². The number of rotatable bonds is 5. The third-order valence-corrected chi connectivity index (χ3v) is 3.65. The summed E-state index contributed by atoms with van der Waals surface area (Å²) in [6.45, 7) is 4.13. The molecule has 2 aromatic rings. The Bertz CT molecular complexity index is 662. The van der Waals surface area contributed by atoms with Gasteiger partial charge in [0.1, 0.15) is 11.6 Å². The van der Waals surface area contributed by atoms with Crippen LogP contribution in [0, 0.1) is 5.82 Å². The van der Waals surface area contributed by atoms with E-state index in [9.17, 15) is 9.18 Å². The zero-order valence-corrected chi connectivity index (χ0v) is 12.6. The van der Waals surface area contributed by atoms with Gasteiger partial charge in [-0.15, -0.1) is 0 Å². The second-order valence-electron chi connectivity index (χ2n) is 4.87. The molecular weight excluding hydrogens is 267 g/mol. The van der Waals surface area contributed by atoms with E-state index in [0.29, 0.717) is 11.3 Å². The molecule has 2 nitrogen and oxygen atoms in total. The Balaban J connectivity index is 2.40. The SMILES string of the molecule is CCc1ccc(C(=O)c2ccc(OC)cc2F)cc1CC. The minimum atomic E-state index is -0.558. The molecule has 0 aromatic heterocycles. The fourth-order valence-electron chi connectivity index (χ4n) is 2.40. The van der Waals surface area contributed by atoms with E-state index in [1.165, 1.54) is 24.8 Å². The summed E-state index contributed by atoms with van der Waals surface area (Å²) >= 11 is 0. The molecule has 0 atom stereocenters. The van der Waals surface area contributed by atoms with Crippen LogP contribution in [0.15, 0.2) is 36.4 Å². The van der Waals surface area contributed by atoms with E-state index >= 15 is 0 Å². The maximum absolute atomic E-state index is 14.0. The number of benzene rings is 2. The van der Waals surface area contributed by atoms with Crippen LogP contribution in [0.1, 0.15) is 40.9 Å². The molecule has 0 amide bonds. The lowest BCUT2D eigenvalue weighted by molar-refractivity contribution is 0.103. The average Bonchev–Trinajstić information content (AvgIpc) is 2.53. The lowest BCUT2D eigenvalue weighted by atomic mass is 9.95. The summed E-state index contributed by atoms with van der Waals surface area (Å²) < 4.78 is 19.0. The summed E-state index contributed by atoms with van der Waals surface area (Å²) in [6.07, 6.45) is 1.78. The van der Waals surface area contributed by atoms with Crippen molar-refractivity contribution in [3.8, 4) is 5.75 Å². The first-order valence-electron chi connectivity index (χ1n) is 7.10. The highest BCUT2D eigenvalue weighted by Gasteiger charge is 2.15. The fraction of sp³-hybridized carbons (Fsp3) is 0.278. The Labute approximate surface area is 124 Å². The van der Waals surface area contributed by atoms with E-state index in [0.717, 1.165) is 18.4 Å². The van der Waals surface area contributed by atoms with Crippen LogP contribution < -0.4 is 4.74 Å². The van der Waals surface area contributed by atoms with E-state index in [1.54, 1.807) is 12.1 Å². The first-order valence-corrected chi connectivity index (χ1v) is 7.10. The smallest absolute Gasteiger partial charge is 0.195 e. The van der Waals surface area contributed by atoms with Gasteiger partial charge < -0.3 is 4.74 Å². The van der Waals surface area contributed by atoms with E-state index in [4.69, 9.17) is 4.74 Å². The molecule has 0 radical (unpaired) electrons. The van der Waals surface area contributed by atoms with Gasteiger partial charge in [-0.3, -0.25) is 4.79 Å².